The summed E-state index contributed by atoms with van der Waals surface area (Å²) >= 11 is 1.45. The van der Waals surface area contributed by atoms with Gasteiger partial charge in [0.05, 0.1) is 12.3 Å². The van der Waals surface area contributed by atoms with E-state index in [1.807, 2.05) is 49.4 Å². The monoisotopic (exact) mass is 423 g/mol. The van der Waals surface area contributed by atoms with Gasteiger partial charge in [0.1, 0.15) is 11.5 Å². The third-order valence-corrected chi connectivity index (χ3v) is 5.92. The molecule has 1 heterocycles. The van der Waals surface area contributed by atoms with Crippen LogP contribution in [0.1, 0.15) is 43.7 Å². The second kappa shape index (κ2) is 11.0. The van der Waals surface area contributed by atoms with Crippen LogP contribution >= 0.6 is 11.8 Å². The molecule has 1 atom stereocenters. The number of oxazole rings is 1. The van der Waals surface area contributed by atoms with Crippen LogP contribution < -0.4 is 4.74 Å². The molecular weight excluding hydrogens is 394 g/mol. The summed E-state index contributed by atoms with van der Waals surface area (Å²) < 4.78 is 11.7. The zero-order valence-electron chi connectivity index (χ0n) is 17.9. The SMILES string of the molecule is CCCC(Cc1ccc(OCCc2nc(-c3ccccc3)oc2C)cc1)SC(C)=O. The summed E-state index contributed by atoms with van der Waals surface area (Å²) in [5, 5.41) is 0.528. The number of benzene rings is 2. The Bertz CT molecular complexity index is 935. The van der Waals surface area contributed by atoms with Gasteiger partial charge in [-0.2, -0.15) is 0 Å². The number of nitrogens with zero attached hydrogens (tertiary/aromatic N) is 1. The van der Waals surface area contributed by atoms with Gasteiger partial charge in [-0.15, -0.1) is 0 Å². The van der Waals surface area contributed by atoms with Gasteiger partial charge in [0.2, 0.25) is 5.89 Å². The maximum absolute atomic E-state index is 11.4. The molecule has 30 heavy (non-hydrogen) atoms. The first kappa shape index (κ1) is 22.2. The van der Waals surface area contributed by atoms with Crippen LogP contribution in [0.4, 0.5) is 0 Å². The highest BCUT2D eigenvalue weighted by Crippen LogP contribution is 2.24. The van der Waals surface area contributed by atoms with Gasteiger partial charge in [0, 0.05) is 24.2 Å². The number of aromatic nitrogens is 1. The van der Waals surface area contributed by atoms with E-state index in [0.717, 1.165) is 42.0 Å². The van der Waals surface area contributed by atoms with Crippen molar-refractivity contribution >= 4 is 16.9 Å². The molecular formula is C25H29NO3S. The van der Waals surface area contributed by atoms with Gasteiger partial charge in [0.15, 0.2) is 5.12 Å². The molecule has 0 aliphatic heterocycles. The Hall–Kier alpha value is -2.53. The zero-order chi connectivity index (χ0) is 21.3. The number of aryl methyl sites for hydroxylation is 1. The highest BCUT2D eigenvalue weighted by Gasteiger charge is 2.13. The van der Waals surface area contributed by atoms with E-state index in [1.54, 1.807) is 6.92 Å². The minimum absolute atomic E-state index is 0.187. The van der Waals surface area contributed by atoms with Crippen molar-refractivity contribution in [1.29, 1.82) is 0 Å². The lowest BCUT2D eigenvalue weighted by Gasteiger charge is -2.14. The first-order valence-corrected chi connectivity index (χ1v) is 11.3. The van der Waals surface area contributed by atoms with Gasteiger partial charge in [-0.1, -0.05) is 55.4 Å². The van der Waals surface area contributed by atoms with E-state index in [1.165, 1.54) is 17.3 Å². The van der Waals surface area contributed by atoms with Gasteiger partial charge in [-0.25, -0.2) is 4.98 Å². The Morgan fingerprint density at radius 2 is 1.87 bits per heavy atom. The van der Waals surface area contributed by atoms with Crippen molar-refractivity contribution in [3.63, 3.8) is 0 Å². The summed E-state index contributed by atoms with van der Waals surface area (Å²) in [4.78, 5) is 16.1. The second-order valence-electron chi connectivity index (χ2n) is 7.35. The molecule has 0 fully saturated rings. The quantitative estimate of drug-likeness (QED) is 0.385. The van der Waals surface area contributed by atoms with E-state index < -0.39 is 0 Å². The summed E-state index contributed by atoms with van der Waals surface area (Å²) in [6.07, 6.45) is 3.72. The van der Waals surface area contributed by atoms with E-state index in [9.17, 15) is 4.79 Å². The van der Waals surface area contributed by atoms with Crippen molar-refractivity contribution in [2.75, 3.05) is 6.61 Å². The largest absolute Gasteiger partial charge is 0.493 e. The topological polar surface area (TPSA) is 52.3 Å². The lowest BCUT2D eigenvalue weighted by molar-refractivity contribution is -0.109. The predicted molar refractivity (Wildman–Crippen MR) is 123 cm³/mol. The molecule has 0 radical (unpaired) electrons. The van der Waals surface area contributed by atoms with Crippen molar-refractivity contribution in [3.05, 3.63) is 71.6 Å². The average molecular weight is 424 g/mol. The van der Waals surface area contributed by atoms with Crippen molar-refractivity contribution in [3.8, 4) is 17.2 Å². The molecule has 3 rings (SSSR count). The Morgan fingerprint density at radius 1 is 1.13 bits per heavy atom. The van der Waals surface area contributed by atoms with Crippen molar-refractivity contribution < 1.29 is 13.9 Å². The molecule has 3 aromatic rings. The molecule has 1 aromatic heterocycles. The van der Waals surface area contributed by atoms with Crippen molar-refractivity contribution in [1.82, 2.24) is 4.98 Å². The Labute approximate surface area is 183 Å². The number of thioether (sulfide) groups is 1. The molecule has 0 aliphatic rings. The lowest BCUT2D eigenvalue weighted by Crippen LogP contribution is -2.09. The fourth-order valence-corrected chi connectivity index (χ4v) is 4.47. The van der Waals surface area contributed by atoms with Gasteiger partial charge in [0.25, 0.3) is 0 Å². The zero-order valence-corrected chi connectivity index (χ0v) is 18.7. The van der Waals surface area contributed by atoms with E-state index in [4.69, 9.17) is 9.15 Å². The van der Waals surface area contributed by atoms with E-state index >= 15 is 0 Å². The molecule has 0 saturated carbocycles. The molecule has 0 amide bonds. The fraction of sp³-hybridized carbons (Fsp3) is 0.360. The number of hydrogen-bond donors (Lipinski definition) is 0. The minimum Gasteiger partial charge on any atom is -0.493 e. The molecule has 1 unspecified atom stereocenters. The molecule has 5 heteroatoms. The summed E-state index contributed by atoms with van der Waals surface area (Å²) in [7, 11) is 0. The first-order valence-electron chi connectivity index (χ1n) is 10.5. The highest BCUT2D eigenvalue weighted by atomic mass is 32.2. The summed E-state index contributed by atoms with van der Waals surface area (Å²) in [6, 6.07) is 18.1. The average Bonchev–Trinajstić information content (AvgIpc) is 3.10. The molecule has 0 aliphatic carbocycles. The number of ether oxygens (including phenoxy) is 1. The normalized spacial score (nSPS) is 12.0. The molecule has 0 N–H and O–H groups in total. The van der Waals surface area contributed by atoms with Crippen molar-refractivity contribution in [2.45, 2.75) is 51.7 Å². The first-order chi connectivity index (χ1) is 14.5. The lowest BCUT2D eigenvalue weighted by atomic mass is 10.1. The number of hydrogen-bond acceptors (Lipinski definition) is 5. The van der Waals surface area contributed by atoms with E-state index in [-0.39, 0.29) is 5.12 Å². The second-order valence-corrected chi connectivity index (χ2v) is 8.83. The Morgan fingerprint density at radius 3 is 2.53 bits per heavy atom. The number of carbonyl (C=O) groups is 1. The van der Waals surface area contributed by atoms with Crippen LogP contribution in [0, 0.1) is 6.92 Å². The van der Waals surface area contributed by atoms with Crippen LogP contribution in [0.25, 0.3) is 11.5 Å². The van der Waals surface area contributed by atoms with E-state index in [0.29, 0.717) is 24.2 Å². The Balaban J connectivity index is 1.52. The highest BCUT2D eigenvalue weighted by molar-refractivity contribution is 8.14. The fourth-order valence-electron chi connectivity index (χ4n) is 3.37. The van der Waals surface area contributed by atoms with Gasteiger partial charge in [-0.3, -0.25) is 4.79 Å². The third kappa shape index (κ3) is 6.49. The molecule has 0 spiro atoms. The molecule has 2 aromatic carbocycles. The Kier molecular flexibility index (Phi) is 8.14. The van der Waals surface area contributed by atoms with Gasteiger partial charge >= 0.3 is 0 Å². The van der Waals surface area contributed by atoms with Crippen molar-refractivity contribution in [2.24, 2.45) is 0 Å². The maximum Gasteiger partial charge on any atom is 0.226 e. The van der Waals surface area contributed by atoms with Crippen LogP contribution in [-0.4, -0.2) is 22.0 Å². The van der Waals surface area contributed by atoms with Gasteiger partial charge < -0.3 is 9.15 Å². The van der Waals surface area contributed by atoms with Gasteiger partial charge in [-0.05, 0) is 49.6 Å². The van der Waals surface area contributed by atoms with Crippen LogP contribution in [-0.2, 0) is 17.6 Å². The summed E-state index contributed by atoms with van der Waals surface area (Å²) in [5.41, 5.74) is 3.14. The molecule has 158 valence electrons. The molecule has 0 bridgehead atoms. The minimum atomic E-state index is 0.187. The summed E-state index contributed by atoms with van der Waals surface area (Å²) in [6.45, 7) is 6.28. The number of rotatable bonds is 10. The number of carbonyl (C=O) groups excluding carboxylic acids is 1. The predicted octanol–water partition coefficient (Wildman–Crippen LogP) is 6.26. The van der Waals surface area contributed by atoms with E-state index in [2.05, 4.69) is 24.0 Å². The third-order valence-electron chi connectivity index (χ3n) is 4.85. The maximum atomic E-state index is 11.4. The smallest absolute Gasteiger partial charge is 0.226 e. The standard InChI is InChI=1S/C25H29NO3S/c1-4-8-23(30-19(3)27)17-20-11-13-22(14-12-20)28-16-15-24-18(2)29-25(26-24)21-9-6-5-7-10-21/h5-7,9-14,23H,4,8,15-17H2,1-3H3. The molecule has 0 saturated heterocycles. The van der Waals surface area contributed by atoms with Crippen LogP contribution in [0.15, 0.2) is 59.0 Å². The summed E-state index contributed by atoms with van der Waals surface area (Å²) in [5.74, 6) is 2.32. The van der Waals surface area contributed by atoms with Crippen LogP contribution in [0.2, 0.25) is 0 Å². The molecule has 4 nitrogen and oxygen atoms in total. The van der Waals surface area contributed by atoms with Crippen LogP contribution in [0.3, 0.4) is 0 Å². The van der Waals surface area contributed by atoms with Crippen LogP contribution in [0.5, 0.6) is 5.75 Å².